The van der Waals surface area contributed by atoms with Crippen LogP contribution in [0.2, 0.25) is 0 Å². The van der Waals surface area contributed by atoms with E-state index in [4.69, 9.17) is 9.47 Å². The molecule has 3 nitrogen and oxygen atoms in total. The van der Waals surface area contributed by atoms with Crippen LogP contribution in [0.15, 0.2) is 18.2 Å². The summed E-state index contributed by atoms with van der Waals surface area (Å²) in [5, 5.41) is 3.69. The Morgan fingerprint density at radius 3 is 2.65 bits per heavy atom. The Balaban J connectivity index is 1.53. The molecule has 0 unspecified atom stereocenters. The molecular formula is C17H25NO2. The molecule has 20 heavy (non-hydrogen) atoms. The molecule has 0 saturated heterocycles. The largest absolute Gasteiger partial charge is 0.454 e. The fourth-order valence-corrected chi connectivity index (χ4v) is 3.31. The van der Waals surface area contributed by atoms with Crippen molar-refractivity contribution in [2.75, 3.05) is 6.79 Å². The Morgan fingerprint density at radius 1 is 1.10 bits per heavy atom. The van der Waals surface area contributed by atoms with Crippen molar-refractivity contribution >= 4 is 0 Å². The fraction of sp³-hybridized carbons (Fsp3) is 0.647. The summed E-state index contributed by atoms with van der Waals surface area (Å²) in [5.74, 6) is 2.59. The minimum absolute atomic E-state index is 0.352. The average molecular weight is 275 g/mol. The summed E-state index contributed by atoms with van der Waals surface area (Å²) in [6.07, 6.45) is 8.42. The van der Waals surface area contributed by atoms with Gasteiger partial charge in [0.05, 0.1) is 0 Å². The van der Waals surface area contributed by atoms with Gasteiger partial charge in [-0.05, 0) is 43.4 Å². The van der Waals surface area contributed by atoms with Crippen molar-refractivity contribution in [2.24, 2.45) is 5.92 Å². The van der Waals surface area contributed by atoms with Gasteiger partial charge < -0.3 is 14.8 Å². The number of benzene rings is 1. The summed E-state index contributed by atoms with van der Waals surface area (Å²) in [5.41, 5.74) is 1.27. The molecule has 1 fully saturated rings. The molecule has 1 saturated carbocycles. The first-order valence-electron chi connectivity index (χ1n) is 7.95. The number of ether oxygens (including phenoxy) is 2. The first kappa shape index (κ1) is 13.7. The lowest BCUT2D eigenvalue weighted by Gasteiger charge is -2.23. The van der Waals surface area contributed by atoms with Gasteiger partial charge in [-0.15, -0.1) is 0 Å². The van der Waals surface area contributed by atoms with E-state index in [-0.39, 0.29) is 0 Å². The second-order valence-corrected chi connectivity index (χ2v) is 6.11. The van der Waals surface area contributed by atoms with Crippen LogP contribution in [0, 0.1) is 5.92 Å². The van der Waals surface area contributed by atoms with E-state index in [0.29, 0.717) is 12.8 Å². The van der Waals surface area contributed by atoms with Crippen LogP contribution in [0.4, 0.5) is 0 Å². The number of hydrogen-bond acceptors (Lipinski definition) is 3. The van der Waals surface area contributed by atoms with Gasteiger partial charge in [0.1, 0.15) is 0 Å². The van der Waals surface area contributed by atoms with Crippen LogP contribution in [-0.2, 0) is 6.54 Å². The highest BCUT2D eigenvalue weighted by Crippen LogP contribution is 2.32. The predicted octanol–water partition coefficient (Wildman–Crippen LogP) is 3.86. The lowest BCUT2D eigenvalue weighted by atomic mass is 9.93. The van der Waals surface area contributed by atoms with Crippen molar-refractivity contribution in [3.05, 3.63) is 23.8 Å². The van der Waals surface area contributed by atoms with Crippen molar-refractivity contribution < 1.29 is 9.47 Å². The van der Waals surface area contributed by atoms with E-state index in [1.54, 1.807) is 0 Å². The Morgan fingerprint density at radius 2 is 1.85 bits per heavy atom. The summed E-state index contributed by atoms with van der Waals surface area (Å²) in [4.78, 5) is 0. The van der Waals surface area contributed by atoms with Gasteiger partial charge in [-0.25, -0.2) is 0 Å². The smallest absolute Gasteiger partial charge is 0.231 e. The number of nitrogens with one attached hydrogen (secondary N) is 1. The van der Waals surface area contributed by atoms with Crippen LogP contribution in [0.25, 0.3) is 0 Å². The first-order chi connectivity index (χ1) is 9.83. The molecule has 1 heterocycles. The van der Waals surface area contributed by atoms with Crippen molar-refractivity contribution in [3.8, 4) is 11.5 Å². The summed E-state index contributed by atoms with van der Waals surface area (Å²) >= 11 is 0. The highest BCUT2D eigenvalue weighted by molar-refractivity contribution is 5.44. The standard InChI is InChI=1S/C17H25NO2/c1-13(15-6-4-2-3-5-7-15)18-11-14-8-9-16-17(10-14)20-12-19-16/h8-10,13,15,18H,2-7,11-12H2,1H3/t13-/m0/s1. The topological polar surface area (TPSA) is 30.5 Å². The van der Waals surface area contributed by atoms with Crippen molar-refractivity contribution in [1.82, 2.24) is 5.32 Å². The average Bonchev–Trinajstić information content (AvgIpc) is 2.76. The molecule has 1 aliphatic carbocycles. The van der Waals surface area contributed by atoms with Gasteiger partial charge in [-0.1, -0.05) is 31.7 Å². The second kappa shape index (κ2) is 6.49. The predicted molar refractivity (Wildman–Crippen MR) is 80.1 cm³/mol. The monoisotopic (exact) mass is 275 g/mol. The first-order valence-corrected chi connectivity index (χ1v) is 7.95. The molecule has 1 atom stereocenters. The van der Waals surface area contributed by atoms with Gasteiger partial charge in [0.15, 0.2) is 11.5 Å². The Kier molecular flexibility index (Phi) is 4.46. The van der Waals surface area contributed by atoms with Crippen LogP contribution in [0.1, 0.15) is 51.0 Å². The van der Waals surface area contributed by atoms with E-state index in [0.717, 1.165) is 24.0 Å². The van der Waals surface area contributed by atoms with Gasteiger partial charge in [-0.2, -0.15) is 0 Å². The fourth-order valence-electron chi connectivity index (χ4n) is 3.31. The molecule has 1 aliphatic heterocycles. The maximum Gasteiger partial charge on any atom is 0.231 e. The molecule has 0 bridgehead atoms. The van der Waals surface area contributed by atoms with Gasteiger partial charge in [0.25, 0.3) is 0 Å². The molecule has 0 radical (unpaired) electrons. The van der Waals surface area contributed by atoms with E-state index in [1.165, 1.54) is 44.1 Å². The lowest BCUT2D eigenvalue weighted by molar-refractivity contribution is 0.174. The minimum atomic E-state index is 0.352. The third-order valence-electron chi connectivity index (χ3n) is 4.67. The van der Waals surface area contributed by atoms with Crippen LogP contribution < -0.4 is 14.8 Å². The van der Waals surface area contributed by atoms with E-state index < -0.39 is 0 Å². The van der Waals surface area contributed by atoms with Crippen LogP contribution >= 0.6 is 0 Å². The van der Waals surface area contributed by atoms with Crippen molar-refractivity contribution in [1.29, 1.82) is 0 Å². The molecule has 0 aromatic heterocycles. The highest BCUT2D eigenvalue weighted by Gasteiger charge is 2.19. The molecule has 0 amide bonds. The van der Waals surface area contributed by atoms with Crippen molar-refractivity contribution in [2.45, 2.75) is 58.0 Å². The maximum absolute atomic E-state index is 5.43. The summed E-state index contributed by atoms with van der Waals surface area (Å²) in [6.45, 7) is 3.60. The minimum Gasteiger partial charge on any atom is -0.454 e. The molecule has 0 spiro atoms. The number of fused-ring (bicyclic) bond motifs is 1. The van der Waals surface area contributed by atoms with Crippen LogP contribution in [0.5, 0.6) is 11.5 Å². The molecule has 1 aromatic rings. The van der Waals surface area contributed by atoms with Crippen molar-refractivity contribution in [3.63, 3.8) is 0 Å². The Labute approximate surface area is 121 Å². The third-order valence-corrected chi connectivity index (χ3v) is 4.67. The summed E-state index contributed by atoms with van der Waals surface area (Å²) in [6, 6.07) is 6.82. The second-order valence-electron chi connectivity index (χ2n) is 6.11. The molecule has 110 valence electrons. The lowest BCUT2D eigenvalue weighted by Crippen LogP contribution is -2.32. The third kappa shape index (κ3) is 3.26. The zero-order valence-corrected chi connectivity index (χ0v) is 12.4. The van der Waals surface area contributed by atoms with Crippen LogP contribution in [-0.4, -0.2) is 12.8 Å². The molecule has 1 aromatic carbocycles. The SMILES string of the molecule is C[C@H](NCc1ccc2c(c1)OCO2)C1CCCCCC1. The normalized spacial score (nSPS) is 20.6. The van der Waals surface area contributed by atoms with Gasteiger partial charge in [0, 0.05) is 12.6 Å². The van der Waals surface area contributed by atoms with E-state index >= 15 is 0 Å². The highest BCUT2D eigenvalue weighted by atomic mass is 16.7. The Bertz CT molecular complexity index is 439. The molecular weight excluding hydrogens is 250 g/mol. The summed E-state index contributed by atoms with van der Waals surface area (Å²) in [7, 11) is 0. The number of hydrogen-bond donors (Lipinski definition) is 1. The van der Waals surface area contributed by atoms with E-state index in [9.17, 15) is 0 Å². The van der Waals surface area contributed by atoms with Gasteiger partial charge >= 0.3 is 0 Å². The van der Waals surface area contributed by atoms with E-state index in [2.05, 4.69) is 24.4 Å². The van der Waals surface area contributed by atoms with E-state index in [1.807, 2.05) is 6.07 Å². The maximum atomic E-state index is 5.43. The number of rotatable bonds is 4. The van der Waals surface area contributed by atoms with Crippen LogP contribution in [0.3, 0.4) is 0 Å². The zero-order chi connectivity index (χ0) is 13.8. The molecule has 1 N–H and O–H groups in total. The van der Waals surface area contributed by atoms with Gasteiger partial charge in [0.2, 0.25) is 6.79 Å². The summed E-state index contributed by atoms with van der Waals surface area (Å²) < 4.78 is 10.8. The Hall–Kier alpha value is -1.22. The zero-order valence-electron chi connectivity index (χ0n) is 12.4. The molecule has 3 heteroatoms. The molecule has 3 rings (SSSR count). The molecule has 2 aliphatic rings. The quantitative estimate of drug-likeness (QED) is 0.846. The van der Waals surface area contributed by atoms with Gasteiger partial charge in [-0.3, -0.25) is 0 Å².